The highest BCUT2D eigenvalue weighted by Gasteiger charge is 2.35. The molecule has 24 heavy (non-hydrogen) atoms. The summed E-state index contributed by atoms with van der Waals surface area (Å²) in [5.41, 5.74) is 1.07. The third-order valence-corrected chi connectivity index (χ3v) is 4.99. The quantitative estimate of drug-likeness (QED) is 0.578. The van der Waals surface area contributed by atoms with Crippen LogP contribution in [0, 0.1) is 6.92 Å². The van der Waals surface area contributed by atoms with Crippen molar-refractivity contribution in [1.29, 1.82) is 0 Å². The molecule has 0 spiro atoms. The van der Waals surface area contributed by atoms with Gasteiger partial charge in [0.15, 0.2) is 0 Å². The molecule has 6 heteroatoms. The Morgan fingerprint density at radius 1 is 1.08 bits per heavy atom. The first-order valence-corrected chi connectivity index (χ1v) is 8.09. The van der Waals surface area contributed by atoms with E-state index in [9.17, 15) is 13.2 Å². The zero-order valence-corrected chi connectivity index (χ0v) is 15.0. The van der Waals surface area contributed by atoms with Gasteiger partial charge in [-0.25, -0.2) is 0 Å². The zero-order valence-electron chi connectivity index (χ0n) is 13.5. The van der Waals surface area contributed by atoms with Crippen LogP contribution < -0.4 is 4.74 Å². The van der Waals surface area contributed by atoms with Crippen LogP contribution in [0.5, 0.6) is 5.75 Å². The Morgan fingerprint density at radius 2 is 1.75 bits per heavy atom. The van der Waals surface area contributed by atoms with Crippen molar-refractivity contribution in [2.45, 2.75) is 32.4 Å². The van der Waals surface area contributed by atoms with Gasteiger partial charge in [-0.05, 0) is 48.1 Å². The molecule has 0 aromatic heterocycles. The van der Waals surface area contributed by atoms with E-state index in [0.717, 1.165) is 17.2 Å². The third kappa shape index (κ3) is 3.98. The Labute approximate surface area is 149 Å². The van der Waals surface area contributed by atoms with E-state index < -0.39 is 11.7 Å². The van der Waals surface area contributed by atoms with Gasteiger partial charge in [0.25, 0.3) is 0 Å². The zero-order chi connectivity index (χ0) is 18.1. The molecule has 130 valence electrons. The first-order valence-electron chi connectivity index (χ1n) is 7.33. The summed E-state index contributed by atoms with van der Waals surface area (Å²) in [7, 11) is 1.34. The molecule has 2 aromatic carbocycles. The number of halogens is 5. The number of hydrogen-bond donors (Lipinski definition) is 0. The molecule has 2 aromatic rings. The van der Waals surface area contributed by atoms with Crippen LogP contribution in [0.4, 0.5) is 13.2 Å². The second-order valence-electron chi connectivity index (χ2n) is 5.73. The summed E-state index contributed by atoms with van der Waals surface area (Å²) in [6, 6.07) is 7.63. The molecule has 1 atom stereocenters. The van der Waals surface area contributed by atoms with Crippen molar-refractivity contribution < 1.29 is 17.9 Å². The molecular weight excluding hydrogens is 360 g/mol. The smallest absolute Gasteiger partial charge is 0.416 e. The number of benzene rings is 2. The van der Waals surface area contributed by atoms with E-state index in [1.165, 1.54) is 19.2 Å². The molecule has 0 saturated carbocycles. The summed E-state index contributed by atoms with van der Waals surface area (Å²) in [5.74, 6) is -0.210. The molecule has 0 bridgehead atoms. The van der Waals surface area contributed by atoms with Gasteiger partial charge in [-0.1, -0.05) is 48.3 Å². The number of aryl methyl sites for hydroxylation is 1. The number of ether oxygens (including phenoxy) is 1. The topological polar surface area (TPSA) is 9.23 Å². The van der Waals surface area contributed by atoms with Crippen molar-refractivity contribution in [3.8, 4) is 5.75 Å². The molecule has 0 N–H and O–H groups in total. The Bertz CT molecular complexity index is 742. The highest BCUT2D eigenvalue weighted by Crippen LogP contribution is 2.39. The van der Waals surface area contributed by atoms with Crippen molar-refractivity contribution in [2.75, 3.05) is 7.11 Å². The van der Waals surface area contributed by atoms with Gasteiger partial charge in [0.05, 0.1) is 22.7 Å². The molecule has 0 radical (unpaired) electrons. The van der Waals surface area contributed by atoms with Crippen LogP contribution in [0.25, 0.3) is 0 Å². The van der Waals surface area contributed by atoms with Crippen molar-refractivity contribution in [2.24, 2.45) is 0 Å². The predicted molar refractivity (Wildman–Crippen MR) is 91.3 cm³/mol. The average molecular weight is 377 g/mol. The highest BCUT2D eigenvalue weighted by atomic mass is 35.5. The Kier molecular flexibility index (Phi) is 5.71. The maximum absolute atomic E-state index is 13.4. The highest BCUT2D eigenvalue weighted by molar-refractivity contribution is 6.42. The lowest BCUT2D eigenvalue weighted by molar-refractivity contribution is -0.138. The van der Waals surface area contributed by atoms with E-state index in [2.05, 4.69) is 0 Å². The fourth-order valence-corrected chi connectivity index (χ4v) is 3.09. The minimum Gasteiger partial charge on any atom is -0.497 e. The maximum atomic E-state index is 13.4. The Hall–Kier alpha value is -1.39. The summed E-state index contributed by atoms with van der Waals surface area (Å²) in [5, 5.41) is 0.831. The van der Waals surface area contributed by atoms with Gasteiger partial charge in [0.1, 0.15) is 5.75 Å². The first-order chi connectivity index (χ1) is 11.1. The van der Waals surface area contributed by atoms with E-state index in [4.69, 9.17) is 27.9 Å². The Morgan fingerprint density at radius 3 is 2.33 bits per heavy atom. The van der Waals surface area contributed by atoms with Crippen molar-refractivity contribution >= 4 is 23.2 Å². The summed E-state index contributed by atoms with van der Waals surface area (Å²) in [6.45, 7) is 3.56. The van der Waals surface area contributed by atoms with Gasteiger partial charge in [0.2, 0.25) is 0 Å². The minimum absolute atomic E-state index is 0.176. The van der Waals surface area contributed by atoms with E-state index in [0.29, 0.717) is 16.5 Å². The van der Waals surface area contributed by atoms with Crippen LogP contribution in [0.1, 0.15) is 35.1 Å². The lowest BCUT2D eigenvalue weighted by Gasteiger charge is -2.20. The van der Waals surface area contributed by atoms with E-state index in [1.54, 1.807) is 13.0 Å². The number of alkyl halides is 3. The molecule has 0 aliphatic heterocycles. The summed E-state index contributed by atoms with van der Waals surface area (Å²) in [6.07, 6.45) is -4.10. The lowest BCUT2D eigenvalue weighted by atomic mass is 9.89. The molecule has 0 heterocycles. The minimum atomic E-state index is -4.45. The maximum Gasteiger partial charge on any atom is 0.416 e. The average Bonchev–Trinajstić information content (AvgIpc) is 2.54. The fraction of sp³-hybridized carbons (Fsp3) is 0.333. The van der Waals surface area contributed by atoms with Crippen LogP contribution in [0.15, 0.2) is 30.3 Å². The van der Waals surface area contributed by atoms with Crippen LogP contribution >= 0.6 is 23.2 Å². The van der Waals surface area contributed by atoms with Gasteiger partial charge < -0.3 is 4.74 Å². The molecule has 0 fully saturated rings. The van der Waals surface area contributed by atoms with Gasteiger partial charge in [-0.15, -0.1) is 0 Å². The summed E-state index contributed by atoms with van der Waals surface area (Å²) in [4.78, 5) is 0. The molecule has 0 aliphatic carbocycles. The van der Waals surface area contributed by atoms with Crippen molar-refractivity contribution in [1.82, 2.24) is 0 Å². The molecule has 0 saturated heterocycles. The predicted octanol–water partition coefficient (Wildman–Crippen LogP) is 6.68. The lowest BCUT2D eigenvalue weighted by Crippen LogP contribution is -2.12. The summed E-state index contributed by atoms with van der Waals surface area (Å²) >= 11 is 12.4. The standard InChI is InChI=1S/C18H17Cl2F3O/c1-10-4-5-12(17(20)16(10)19)8-11(2)14-7-6-13(24-3)9-15(14)18(21,22)23/h4-7,9,11H,8H2,1-3H3. The van der Waals surface area contributed by atoms with Gasteiger partial charge >= 0.3 is 6.18 Å². The van der Waals surface area contributed by atoms with Crippen molar-refractivity contribution in [3.63, 3.8) is 0 Å². The number of hydrogen-bond acceptors (Lipinski definition) is 1. The third-order valence-electron chi connectivity index (χ3n) is 3.98. The monoisotopic (exact) mass is 376 g/mol. The SMILES string of the molecule is COc1ccc(C(C)Cc2ccc(C)c(Cl)c2Cl)c(C(F)(F)F)c1. The molecule has 0 amide bonds. The number of rotatable bonds is 4. The van der Waals surface area contributed by atoms with Crippen LogP contribution in [0.3, 0.4) is 0 Å². The van der Waals surface area contributed by atoms with Crippen LogP contribution in [-0.2, 0) is 12.6 Å². The molecule has 1 unspecified atom stereocenters. The van der Waals surface area contributed by atoms with Crippen LogP contribution in [-0.4, -0.2) is 7.11 Å². The number of methoxy groups -OCH3 is 1. The van der Waals surface area contributed by atoms with Crippen LogP contribution in [0.2, 0.25) is 10.0 Å². The van der Waals surface area contributed by atoms with Gasteiger partial charge in [-0.2, -0.15) is 13.2 Å². The molecule has 2 rings (SSSR count). The first kappa shape index (κ1) is 18.9. The second-order valence-corrected chi connectivity index (χ2v) is 6.48. The fourth-order valence-electron chi connectivity index (χ4n) is 2.62. The second kappa shape index (κ2) is 7.24. The normalized spacial score (nSPS) is 13.0. The molecular formula is C18H17Cl2F3O. The largest absolute Gasteiger partial charge is 0.497 e. The van der Waals surface area contributed by atoms with Gasteiger partial charge in [-0.3, -0.25) is 0 Å². The van der Waals surface area contributed by atoms with Crippen molar-refractivity contribution in [3.05, 3.63) is 62.6 Å². The van der Waals surface area contributed by atoms with E-state index >= 15 is 0 Å². The van der Waals surface area contributed by atoms with Gasteiger partial charge in [0, 0.05) is 0 Å². The molecule has 1 nitrogen and oxygen atoms in total. The summed E-state index contributed by atoms with van der Waals surface area (Å²) < 4.78 is 45.0. The van der Waals surface area contributed by atoms with E-state index in [-0.39, 0.29) is 17.2 Å². The molecule has 0 aliphatic rings. The van der Waals surface area contributed by atoms with E-state index in [1.807, 2.05) is 13.0 Å². The Balaban J connectivity index is 2.40.